The molecule has 4 aliphatic carbocycles. The number of hydrogen-bond donors (Lipinski definition) is 2. The Kier molecular flexibility index (Phi) is 4.90. The maximum Gasteiger partial charge on any atom is 0.336 e. The van der Waals surface area contributed by atoms with Gasteiger partial charge in [0.2, 0.25) is 0 Å². The lowest BCUT2D eigenvalue weighted by atomic mass is 9.44. The average molecular weight is 471 g/mol. The van der Waals surface area contributed by atoms with E-state index in [0.29, 0.717) is 29.7 Å². The Morgan fingerprint density at radius 3 is 2.65 bits per heavy atom. The monoisotopic (exact) mass is 470 g/mol. The first-order valence-electron chi connectivity index (χ1n) is 13.2. The molecule has 4 fully saturated rings. The molecule has 3 saturated carbocycles. The highest BCUT2D eigenvalue weighted by Gasteiger charge is 2.80. The Morgan fingerprint density at radius 2 is 1.94 bits per heavy atom. The third kappa shape index (κ3) is 2.63. The number of hydrogen-bond acceptors (Lipinski definition) is 6. The lowest BCUT2D eigenvalue weighted by molar-refractivity contribution is -0.155. The van der Waals surface area contributed by atoms with E-state index in [-0.39, 0.29) is 47.8 Å². The topological polar surface area (TPSA) is 96.4 Å². The van der Waals surface area contributed by atoms with Crippen molar-refractivity contribution in [3.05, 3.63) is 23.3 Å². The zero-order valence-corrected chi connectivity index (χ0v) is 20.8. The smallest absolute Gasteiger partial charge is 0.336 e. The lowest BCUT2D eigenvalue weighted by Crippen LogP contribution is -2.63. The van der Waals surface area contributed by atoms with Crippen LogP contribution in [0, 0.1) is 40.4 Å². The first-order valence-corrected chi connectivity index (χ1v) is 13.2. The molecule has 1 spiro atoms. The second kappa shape index (κ2) is 7.27. The standard InChI is InChI=1S/C28H38O6/c1-14-11-21(33-25(32)17(14)13-29)15(2)18-5-6-19-16-12-24-28(34-24)23(31)8-7-22(30)27(28,4)20(16)9-10-26(18,19)3/h7-8,15-16,18-21,23-24,29,31H,5-6,9-13H2,1-4H3/t15-,16+,18-,19-,20-,21-,23-,24+,26+,27-,28+/m0/s1. The maximum absolute atomic E-state index is 13.3. The molecule has 0 aromatic carbocycles. The van der Waals surface area contributed by atoms with Crippen molar-refractivity contribution in [1.29, 1.82) is 0 Å². The van der Waals surface area contributed by atoms with Crippen LogP contribution in [0.3, 0.4) is 0 Å². The molecule has 0 aromatic heterocycles. The van der Waals surface area contributed by atoms with E-state index in [4.69, 9.17) is 9.47 Å². The lowest BCUT2D eigenvalue weighted by Gasteiger charge is -2.58. The predicted molar refractivity (Wildman–Crippen MR) is 124 cm³/mol. The number of cyclic esters (lactones) is 1. The second-order valence-corrected chi connectivity index (χ2v) is 12.5. The Hall–Kier alpha value is -1.50. The molecule has 0 aromatic rings. The fourth-order valence-electron chi connectivity index (χ4n) is 9.69. The summed E-state index contributed by atoms with van der Waals surface area (Å²) in [4.78, 5) is 25.8. The highest BCUT2D eigenvalue weighted by molar-refractivity contribution is 5.98. The molecule has 186 valence electrons. The summed E-state index contributed by atoms with van der Waals surface area (Å²) in [5, 5.41) is 20.4. The third-order valence-corrected chi connectivity index (χ3v) is 11.6. The molecule has 2 N–H and O–H groups in total. The summed E-state index contributed by atoms with van der Waals surface area (Å²) in [6.45, 7) is 8.41. The molecule has 2 aliphatic heterocycles. The van der Waals surface area contributed by atoms with Gasteiger partial charge in [-0.25, -0.2) is 4.79 Å². The number of carbonyl (C=O) groups is 2. The van der Waals surface area contributed by atoms with Crippen molar-refractivity contribution in [2.24, 2.45) is 40.4 Å². The van der Waals surface area contributed by atoms with Gasteiger partial charge in [0.15, 0.2) is 5.78 Å². The van der Waals surface area contributed by atoms with Gasteiger partial charge in [-0.05, 0) is 93.1 Å². The fraction of sp³-hybridized carbons (Fsp3) is 0.786. The number of aliphatic hydroxyl groups is 2. The minimum atomic E-state index is -0.719. The van der Waals surface area contributed by atoms with E-state index in [1.807, 2.05) is 6.92 Å². The summed E-state index contributed by atoms with van der Waals surface area (Å²) in [6, 6.07) is 0. The minimum absolute atomic E-state index is 0.0366. The van der Waals surface area contributed by atoms with Crippen molar-refractivity contribution in [2.75, 3.05) is 6.61 Å². The zero-order chi connectivity index (χ0) is 24.2. The van der Waals surface area contributed by atoms with Gasteiger partial charge < -0.3 is 19.7 Å². The molecule has 0 amide bonds. The van der Waals surface area contributed by atoms with Gasteiger partial charge >= 0.3 is 5.97 Å². The van der Waals surface area contributed by atoms with Gasteiger partial charge in [-0.2, -0.15) is 0 Å². The Bertz CT molecular complexity index is 999. The van der Waals surface area contributed by atoms with E-state index in [9.17, 15) is 19.8 Å². The number of carbonyl (C=O) groups excluding carboxylic acids is 2. The highest BCUT2D eigenvalue weighted by Crippen LogP contribution is 2.73. The number of esters is 1. The summed E-state index contributed by atoms with van der Waals surface area (Å²) in [5.74, 6) is 1.61. The van der Waals surface area contributed by atoms with Crippen molar-refractivity contribution in [2.45, 2.75) is 90.1 Å². The maximum atomic E-state index is 13.3. The van der Waals surface area contributed by atoms with Crippen LogP contribution in [0.2, 0.25) is 0 Å². The van der Waals surface area contributed by atoms with Gasteiger partial charge in [-0.15, -0.1) is 0 Å². The van der Waals surface area contributed by atoms with Crippen LogP contribution >= 0.6 is 0 Å². The second-order valence-electron chi connectivity index (χ2n) is 12.5. The van der Waals surface area contributed by atoms with Crippen molar-refractivity contribution >= 4 is 11.8 Å². The van der Waals surface area contributed by atoms with Crippen LogP contribution in [0.25, 0.3) is 0 Å². The molecular weight excluding hydrogens is 432 g/mol. The number of fused-ring (bicyclic) bond motifs is 4. The normalized spacial score (nSPS) is 52.4. The highest BCUT2D eigenvalue weighted by atomic mass is 16.6. The van der Waals surface area contributed by atoms with Crippen LogP contribution < -0.4 is 0 Å². The number of ketones is 1. The van der Waals surface area contributed by atoms with Crippen LogP contribution in [0.4, 0.5) is 0 Å². The number of aliphatic hydroxyl groups excluding tert-OH is 2. The van der Waals surface area contributed by atoms with Crippen molar-refractivity contribution in [3.63, 3.8) is 0 Å². The van der Waals surface area contributed by atoms with Crippen LogP contribution in [0.5, 0.6) is 0 Å². The summed E-state index contributed by atoms with van der Waals surface area (Å²) < 4.78 is 12.1. The van der Waals surface area contributed by atoms with Gasteiger partial charge in [-0.3, -0.25) is 4.79 Å². The molecule has 0 bridgehead atoms. The van der Waals surface area contributed by atoms with E-state index >= 15 is 0 Å². The molecule has 6 aliphatic rings. The molecule has 6 nitrogen and oxygen atoms in total. The van der Waals surface area contributed by atoms with Gasteiger partial charge in [0.25, 0.3) is 0 Å². The van der Waals surface area contributed by atoms with E-state index in [1.54, 1.807) is 12.2 Å². The van der Waals surface area contributed by atoms with Crippen LogP contribution in [-0.4, -0.2) is 52.5 Å². The number of ether oxygens (including phenoxy) is 2. The molecule has 0 unspecified atom stereocenters. The van der Waals surface area contributed by atoms with Crippen LogP contribution in [-0.2, 0) is 19.1 Å². The van der Waals surface area contributed by atoms with Crippen molar-refractivity contribution in [1.82, 2.24) is 0 Å². The molecular formula is C28H38O6. The Labute approximate surface area is 201 Å². The van der Waals surface area contributed by atoms with Gasteiger partial charge in [-0.1, -0.05) is 19.4 Å². The number of epoxide rings is 1. The fourth-order valence-corrected chi connectivity index (χ4v) is 9.69. The van der Waals surface area contributed by atoms with E-state index in [2.05, 4.69) is 20.8 Å². The van der Waals surface area contributed by atoms with E-state index in [0.717, 1.165) is 37.7 Å². The molecule has 2 heterocycles. The summed E-state index contributed by atoms with van der Waals surface area (Å²) in [7, 11) is 0. The van der Waals surface area contributed by atoms with E-state index < -0.39 is 17.1 Å². The van der Waals surface area contributed by atoms with Crippen LogP contribution in [0.1, 0.15) is 66.2 Å². The van der Waals surface area contributed by atoms with Gasteiger partial charge in [0.05, 0.1) is 23.7 Å². The SMILES string of the molecule is CC1=C(CO)C(=O)O[C@H]([C@@H](C)[C@@H]2CC[C@H]3[C@H]4C[C@H]5O[C@]56[C@@H](O)C=CC(=O)[C@]6(C)[C@H]4CC[C@]23C)C1. The largest absolute Gasteiger partial charge is 0.458 e. The number of allylic oxidation sites excluding steroid dienone is 1. The van der Waals surface area contributed by atoms with Gasteiger partial charge in [0, 0.05) is 6.42 Å². The summed E-state index contributed by atoms with van der Waals surface area (Å²) in [6.07, 6.45) is 8.23. The quantitative estimate of drug-likeness (QED) is 0.485. The van der Waals surface area contributed by atoms with Crippen molar-refractivity contribution in [3.8, 4) is 0 Å². The Morgan fingerprint density at radius 1 is 1.18 bits per heavy atom. The summed E-state index contributed by atoms with van der Waals surface area (Å²) in [5.41, 5.74) is 0.129. The summed E-state index contributed by atoms with van der Waals surface area (Å²) >= 11 is 0. The first kappa shape index (κ1) is 22.9. The molecule has 6 rings (SSSR count). The Balaban J connectivity index is 1.27. The molecule has 11 atom stereocenters. The third-order valence-electron chi connectivity index (χ3n) is 11.6. The van der Waals surface area contributed by atoms with Crippen molar-refractivity contribution < 1.29 is 29.3 Å². The van der Waals surface area contributed by atoms with E-state index in [1.165, 1.54) is 0 Å². The first-order chi connectivity index (χ1) is 16.1. The minimum Gasteiger partial charge on any atom is -0.458 e. The van der Waals surface area contributed by atoms with Crippen LogP contribution in [0.15, 0.2) is 23.3 Å². The van der Waals surface area contributed by atoms with Gasteiger partial charge in [0.1, 0.15) is 17.8 Å². The average Bonchev–Trinajstić information content (AvgIpc) is 3.43. The number of rotatable bonds is 3. The molecule has 1 saturated heterocycles. The molecule has 6 heteroatoms. The molecule has 0 radical (unpaired) electrons. The molecule has 34 heavy (non-hydrogen) atoms. The predicted octanol–water partition coefficient (Wildman–Crippen LogP) is 3.35. The zero-order valence-electron chi connectivity index (χ0n) is 20.8.